The first-order chi connectivity index (χ1) is 5.41. The molecule has 0 aliphatic heterocycles. The molecule has 1 rings (SSSR count). The SMILES string of the molecule is Cc1cc(Br)ccc1C(F)(F)F. The standard InChI is InChI=1S/C8H6BrF3/c1-5-4-6(9)2-3-7(5)8(10,11)12/h2-4H,1H3. The third-order valence-electron chi connectivity index (χ3n) is 1.49. The molecule has 0 bridgehead atoms. The van der Waals surface area contributed by atoms with Gasteiger partial charge < -0.3 is 0 Å². The molecule has 0 spiro atoms. The summed E-state index contributed by atoms with van der Waals surface area (Å²) in [5.74, 6) is 0. The Labute approximate surface area is 76.5 Å². The first-order valence-electron chi connectivity index (χ1n) is 3.24. The van der Waals surface area contributed by atoms with E-state index >= 15 is 0 Å². The zero-order valence-corrected chi connectivity index (χ0v) is 7.83. The molecular weight excluding hydrogens is 233 g/mol. The predicted octanol–water partition coefficient (Wildman–Crippen LogP) is 3.78. The summed E-state index contributed by atoms with van der Waals surface area (Å²) in [5, 5.41) is 0. The van der Waals surface area contributed by atoms with Crippen LogP contribution in [0.5, 0.6) is 0 Å². The molecule has 66 valence electrons. The highest BCUT2D eigenvalue weighted by atomic mass is 79.9. The summed E-state index contributed by atoms with van der Waals surface area (Å²) in [6.45, 7) is 1.44. The maximum absolute atomic E-state index is 12.2. The predicted molar refractivity (Wildman–Crippen MR) is 43.9 cm³/mol. The topological polar surface area (TPSA) is 0 Å². The minimum Gasteiger partial charge on any atom is -0.166 e. The Kier molecular flexibility index (Phi) is 2.46. The number of halogens is 4. The molecule has 0 heterocycles. The Balaban J connectivity index is 3.19. The second-order valence-electron chi connectivity index (χ2n) is 2.46. The largest absolute Gasteiger partial charge is 0.416 e. The Hall–Kier alpha value is -0.510. The number of hydrogen-bond acceptors (Lipinski definition) is 0. The van der Waals surface area contributed by atoms with Crippen LogP contribution in [0.15, 0.2) is 22.7 Å². The summed E-state index contributed by atoms with van der Waals surface area (Å²) in [6.07, 6.45) is -4.25. The fourth-order valence-corrected chi connectivity index (χ4v) is 1.42. The van der Waals surface area contributed by atoms with Gasteiger partial charge in [-0.2, -0.15) is 13.2 Å². The molecule has 12 heavy (non-hydrogen) atoms. The van der Waals surface area contributed by atoms with Crippen molar-refractivity contribution in [2.45, 2.75) is 13.1 Å². The molecule has 0 radical (unpaired) electrons. The average Bonchev–Trinajstić information content (AvgIpc) is 1.83. The van der Waals surface area contributed by atoms with Gasteiger partial charge in [0.15, 0.2) is 0 Å². The summed E-state index contributed by atoms with van der Waals surface area (Å²) >= 11 is 3.10. The second-order valence-corrected chi connectivity index (χ2v) is 3.37. The Morgan fingerprint density at radius 1 is 1.25 bits per heavy atom. The van der Waals surface area contributed by atoms with Crippen molar-refractivity contribution in [2.24, 2.45) is 0 Å². The number of benzene rings is 1. The van der Waals surface area contributed by atoms with E-state index in [1.54, 1.807) is 0 Å². The molecular formula is C8H6BrF3. The third kappa shape index (κ3) is 2.00. The van der Waals surface area contributed by atoms with Crippen LogP contribution in [-0.4, -0.2) is 0 Å². The highest BCUT2D eigenvalue weighted by molar-refractivity contribution is 9.10. The molecule has 0 atom stereocenters. The molecule has 0 amide bonds. The molecule has 0 aliphatic carbocycles. The smallest absolute Gasteiger partial charge is 0.166 e. The quantitative estimate of drug-likeness (QED) is 0.646. The zero-order chi connectivity index (χ0) is 9.35. The van der Waals surface area contributed by atoms with Gasteiger partial charge in [0.2, 0.25) is 0 Å². The molecule has 1 aromatic carbocycles. The van der Waals surface area contributed by atoms with Crippen LogP contribution in [0.2, 0.25) is 0 Å². The molecule has 0 nitrogen and oxygen atoms in total. The van der Waals surface area contributed by atoms with Crippen LogP contribution < -0.4 is 0 Å². The maximum Gasteiger partial charge on any atom is 0.416 e. The van der Waals surface area contributed by atoms with Gasteiger partial charge in [-0.1, -0.05) is 15.9 Å². The monoisotopic (exact) mass is 238 g/mol. The summed E-state index contributed by atoms with van der Waals surface area (Å²) in [6, 6.07) is 3.90. The second kappa shape index (κ2) is 3.09. The molecule has 0 saturated heterocycles. The van der Waals surface area contributed by atoms with Crippen LogP contribution in [0.4, 0.5) is 13.2 Å². The number of aryl methyl sites for hydroxylation is 1. The van der Waals surface area contributed by atoms with Gasteiger partial charge in [-0.05, 0) is 30.7 Å². The van der Waals surface area contributed by atoms with E-state index in [0.717, 1.165) is 6.07 Å². The van der Waals surface area contributed by atoms with Gasteiger partial charge in [0, 0.05) is 4.47 Å². The van der Waals surface area contributed by atoms with Crippen molar-refractivity contribution in [2.75, 3.05) is 0 Å². The zero-order valence-electron chi connectivity index (χ0n) is 6.24. The Bertz CT molecular complexity index is 291. The van der Waals surface area contributed by atoms with Crippen LogP contribution in [0, 0.1) is 6.92 Å². The highest BCUT2D eigenvalue weighted by Crippen LogP contribution is 2.32. The minimum atomic E-state index is -4.25. The van der Waals surface area contributed by atoms with Gasteiger partial charge in [-0.15, -0.1) is 0 Å². The number of rotatable bonds is 0. The lowest BCUT2D eigenvalue weighted by Crippen LogP contribution is -2.06. The Morgan fingerprint density at radius 2 is 1.83 bits per heavy atom. The van der Waals surface area contributed by atoms with Gasteiger partial charge in [-0.3, -0.25) is 0 Å². The Morgan fingerprint density at radius 3 is 2.25 bits per heavy atom. The molecule has 0 saturated carbocycles. The van der Waals surface area contributed by atoms with Crippen molar-refractivity contribution >= 4 is 15.9 Å². The molecule has 0 aliphatic rings. The van der Waals surface area contributed by atoms with E-state index in [9.17, 15) is 13.2 Å². The molecule has 0 unspecified atom stereocenters. The van der Waals surface area contributed by atoms with E-state index in [-0.39, 0.29) is 5.56 Å². The van der Waals surface area contributed by atoms with Crippen LogP contribution in [0.25, 0.3) is 0 Å². The summed E-state index contributed by atoms with van der Waals surface area (Å²) in [7, 11) is 0. The van der Waals surface area contributed by atoms with Crippen LogP contribution >= 0.6 is 15.9 Å². The van der Waals surface area contributed by atoms with Crippen molar-refractivity contribution in [3.05, 3.63) is 33.8 Å². The number of alkyl halides is 3. The first kappa shape index (κ1) is 9.58. The third-order valence-corrected chi connectivity index (χ3v) is 1.99. The van der Waals surface area contributed by atoms with Crippen LogP contribution in [-0.2, 0) is 6.18 Å². The van der Waals surface area contributed by atoms with Crippen molar-refractivity contribution in [1.82, 2.24) is 0 Å². The lowest BCUT2D eigenvalue weighted by Gasteiger charge is -2.09. The van der Waals surface area contributed by atoms with Crippen molar-refractivity contribution < 1.29 is 13.2 Å². The van der Waals surface area contributed by atoms with Gasteiger partial charge >= 0.3 is 6.18 Å². The fraction of sp³-hybridized carbons (Fsp3) is 0.250. The van der Waals surface area contributed by atoms with Gasteiger partial charge in [0.1, 0.15) is 0 Å². The van der Waals surface area contributed by atoms with E-state index in [2.05, 4.69) is 15.9 Å². The maximum atomic E-state index is 12.2. The highest BCUT2D eigenvalue weighted by Gasteiger charge is 2.31. The van der Waals surface area contributed by atoms with Crippen molar-refractivity contribution in [3.8, 4) is 0 Å². The summed E-state index contributed by atoms with van der Waals surface area (Å²) in [4.78, 5) is 0. The lowest BCUT2D eigenvalue weighted by molar-refractivity contribution is -0.138. The molecule has 0 aromatic heterocycles. The van der Waals surface area contributed by atoms with Crippen LogP contribution in [0.1, 0.15) is 11.1 Å². The summed E-state index contributed by atoms with van der Waals surface area (Å²) < 4.78 is 37.2. The fourth-order valence-electron chi connectivity index (χ4n) is 0.945. The first-order valence-corrected chi connectivity index (χ1v) is 4.04. The molecule has 4 heteroatoms. The average molecular weight is 239 g/mol. The molecule has 0 N–H and O–H groups in total. The van der Waals surface area contributed by atoms with Crippen LogP contribution in [0.3, 0.4) is 0 Å². The molecule has 1 aromatic rings. The van der Waals surface area contributed by atoms with E-state index < -0.39 is 11.7 Å². The van der Waals surface area contributed by atoms with Crippen molar-refractivity contribution in [1.29, 1.82) is 0 Å². The van der Waals surface area contributed by atoms with E-state index in [1.807, 2.05) is 0 Å². The van der Waals surface area contributed by atoms with Gasteiger partial charge in [0.25, 0.3) is 0 Å². The normalized spacial score (nSPS) is 11.8. The minimum absolute atomic E-state index is 0.233. The van der Waals surface area contributed by atoms with E-state index in [0.29, 0.717) is 4.47 Å². The lowest BCUT2D eigenvalue weighted by atomic mass is 10.1. The summed E-state index contributed by atoms with van der Waals surface area (Å²) in [5.41, 5.74) is -0.345. The van der Waals surface area contributed by atoms with Gasteiger partial charge in [-0.25, -0.2) is 0 Å². The van der Waals surface area contributed by atoms with E-state index in [4.69, 9.17) is 0 Å². The number of hydrogen-bond donors (Lipinski definition) is 0. The van der Waals surface area contributed by atoms with Gasteiger partial charge in [0.05, 0.1) is 5.56 Å². The molecule has 0 fully saturated rings. The van der Waals surface area contributed by atoms with Crippen molar-refractivity contribution in [3.63, 3.8) is 0 Å². The van der Waals surface area contributed by atoms with E-state index in [1.165, 1.54) is 19.1 Å².